The largest absolute Gasteiger partial charge is 0.318 e. The Morgan fingerprint density at radius 2 is 2.20 bits per heavy atom. The highest BCUT2D eigenvalue weighted by Gasteiger charge is 2.20. The Bertz CT molecular complexity index is 577. The van der Waals surface area contributed by atoms with Gasteiger partial charge in [0.05, 0.1) is 5.69 Å². The highest BCUT2D eigenvalue weighted by Crippen LogP contribution is 2.34. The molecule has 0 bridgehead atoms. The summed E-state index contributed by atoms with van der Waals surface area (Å²) in [4.78, 5) is 7.15. The minimum atomic E-state index is 0.496. The standard InChI is InChI=1S/C16H21N3S/c1-12(2)17-10-14-11-20-16(18-14)19-9-5-7-13-6-3-4-8-15(13)19/h3-4,6,8,11-12,17H,5,7,9-10H2,1-2H3. The zero-order valence-electron chi connectivity index (χ0n) is 12.1. The lowest BCUT2D eigenvalue weighted by Crippen LogP contribution is -2.25. The fourth-order valence-corrected chi connectivity index (χ4v) is 3.41. The molecule has 106 valence electrons. The van der Waals surface area contributed by atoms with Crippen LogP contribution in [0.1, 0.15) is 31.5 Å². The molecule has 0 fully saturated rings. The fraction of sp³-hybridized carbons (Fsp3) is 0.438. The third-order valence-electron chi connectivity index (χ3n) is 3.57. The van der Waals surface area contributed by atoms with Crippen LogP contribution in [0, 0.1) is 0 Å². The van der Waals surface area contributed by atoms with Crippen LogP contribution in [-0.4, -0.2) is 17.6 Å². The van der Waals surface area contributed by atoms with Crippen LogP contribution in [0.2, 0.25) is 0 Å². The van der Waals surface area contributed by atoms with Crippen molar-refractivity contribution in [3.63, 3.8) is 0 Å². The van der Waals surface area contributed by atoms with E-state index in [0.717, 1.165) is 23.9 Å². The van der Waals surface area contributed by atoms with E-state index in [-0.39, 0.29) is 0 Å². The highest BCUT2D eigenvalue weighted by molar-refractivity contribution is 7.13. The van der Waals surface area contributed by atoms with Gasteiger partial charge in [0.25, 0.3) is 0 Å². The average molecular weight is 287 g/mol. The van der Waals surface area contributed by atoms with Crippen molar-refractivity contribution in [2.45, 2.75) is 39.3 Å². The molecule has 1 N–H and O–H groups in total. The Balaban J connectivity index is 1.80. The number of para-hydroxylation sites is 1. The van der Waals surface area contributed by atoms with Crippen molar-refractivity contribution < 1.29 is 0 Å². The van der Waals surface area contributed by atoms with Crippen LogP contribution in [0.25, 0.3) is 0 Å². The van der Waals surface area contributed by atoms with E-state index in [1.807, 2.05) is 0 Å². The number of nitrogens with zero attached hydrogens (tertiary/aromatic N) is 2. The van der Waals surface area contributed by atoms with Crippen LogP contribution < -0.4 is 10.2 Å². The van der Waals surface area contributed by atoms with Crippen molar-refractivity contribution in [2.75, 3.05) is 11.4 Å². The normalized spacial score (nSPS) is 14.7. The first-order valence-corrected chi connectivity index (χ1v) is 8.15. The molecule has 1 aliphatic heterocycles. The molecule has 2 aromatic rings. The predicted octanol–water partition coefficient (Wildman–Crippen LogP) is 3.73. The summed E-state index contributed by atoms with van der Waals surface area (Å²) in [6.45, 7) is 6.24. The van der Waals surface area contributed by atoms with Gasteiger partial charge in [-0.2, -0.15) is 0 Å². The average Bonchev–Trinajstić information content (AvgIpc) is 2.93. The van der Waals surface area contributed by atoms with E-state index in [1.54, 1.807) is 11.3 Å². The summed E-state index contributed by atoms with van der Waals surface area (Å²) >= 11 is 1.75. The van der Waals surface area contributed by atoms with Crippen LogP contribution in [0.15, 0.2) is 29.6 Å². The molecule has 0 atom stereocenters. The number of rotatable bonds is 4. The molecule has 3 nitrogen and oxygen atoms in total. The number of fused-ring (bicyclic) bond motifs is 1. The smallest absolute Gasteiger partial charge is 0.190 e. The Hall–Kier alpha value is -1.39. The van der Waals surface area contributed by atoms with Crippen molar-refractivity contribution in [2.24, 2.45) is 0 Å². The molecule has 0 spiro atoms. The third kappa shape index (κ3) is 2.86. The number of hydrogen-bond donors (Lipinski definition) is 1. The van der Waals surface area contributed by atoms with Crippen LogP contribution >= 0.6 is 11.3 Å². The summed E-state index contributed by atoms with van der Waals surface area (Å²) in [6.07, 6.45) is 2.38. The zero-order valence-corrected chi connectivity index (χ0v) is 12.9. The van der Waals surface area contributed by atoms with Crippen molar-refractivity contribution >= 4 is 22.2 Å². The van der Waals surface area contributed by atoms with E-state index in [2.05, 4.69) is 53.7 Å². The first-order valence-electron chi connectivity index (χ1n) is 7.27. The molecular weight excluding hydrogens is 266 g/mol. The zero-order chi connectivity index (χ0) is 13.9. The summed E-state index contributed by atoms with van der Waals surface area (Å²) in [7, 11) is 0. The second-order valence-corrected chi connectivity index (χ2v) is 6.38. The van der Waals surface area contributed by atoms with E-state index in [9.17, 15) is 0 Å². The second kappa shape index (κ2) is 5.94. The minimum Gasteiger partial charge on any atom is -0.318 e. The van der Waals surface area contributed by atoms with Gasteiger partial charge in [0.1, 0.15) is 0 Å². The van der Waals surface area contributed by atoms with Gasteiger partial charge in [-0.15, -0.1) is 11.3 Å². The minimum absolute atomic E-state index is 0.496. The lowest BCUT2D eigenvalue weighted by Gasteiger charge is -2.28. The maximum atomic E-state index is 4.79. The van der Waals surface area contributed by atoms with Crippen molar-refractivity contribution in [3.8, 4) is 0 Å². The van der Waals surface area contributed by atoms with Gasteiger partial charge in [-0.3, -0.25) is 0 Å². The molecule has 3 rings (SSSR count). The van der Waals surface area contributed by atoms with Gasteiger partial charge in [-0.25, -0.2) is 4.98 Å². The van der Waals surface area contributed by atoms with Gasteiger partial charge in [-0.05, 0) is 24.5 Å². The summed E-state index contributed by atoms with van der Waals surface area (Å²) < 4.78 is 0. The number of thiazole rings is 1. The number of aromatic nitrogens is 1. The van der Waals surface area contributed by atoms with E-state index >= 15 is 0 Å². The molecule has 1 aromatic carbocycles. The van der Waals surface area contributed by atoms with Crippen molar-refractivity contribution in [3.05, 3.63) is 40.9 Å². The Kier molecular flexibility index (Phi) is 4.03. The molecular formula is C16H21N3S. The van der Waals surface area contributed by atoms with E-state index in [4.69, 9.17) is 4.98 Å². The van der Waals surface area contributed by atoms with E-state index in [0.29, 0.717) is 6.04 Å². The summed E-state index contributed by atoms with van der Waals surface area (Å²) in [6, 6.07) is 9.18. The molecule has 0 radical (unpaired) electrons. The quantitative estimate of drug-likeness (QED) is 0.929. The molecule has 20 heavy (non-hydrogen) atoms. The molecule has 1 aromatic heterocycles. The van der Waals surface area contributed by atoms with Crippen LogP contribution in [-0.2, 0) is 13.0 Å². The summed E-state index contributed by atoms with van der Waals surface area (Å²) in [5.74, 6) is 0. The SMILES string of the molecule is CC(C)NCc1csc(N2CCCc3ccccc32)n1. The maximum absolute atomic E-state index is 4.79. The molecule has 0 saturated heterocycles. The number of benzene rings is 1. The second-order valence-electron chi connectivity index (χ2n) is 5.54. The summed E-state index contributed by atoms with van der Waals surface area (Å²) in [5.41, 5.74) is 3.91. The lowest BCUT2D eigenvalue weighted by atomic mass is 10.0. The fourth-order valence-electron chi connectivity index (χ4n) is 2.54. The first kappa shape index (κ1) is 13.6. The number of aryl methyl sites for hydroxylation is 1. The van der Waals surface area contributed by atoms with Crippen LogP contribution in [0.3, 0.4) is 0 Å². The van der Waals surface area contributed by atoms with Gasteiger partial charge < -0.3 is 10.2 Å². The third-order valence-corrected chi connectivity index (χ3v) is 4.48. The van der Waals surface area contributed by atoms with E-state index < -0.39 is 0 Å². The van der Waals surface area contributed by atoms with Gasteiger partial charge in [0.2, 0.25) is 0 Å². The molecule has 0 saturated carbocycles. The molecule has 4 heteroatoms. The monoisotopic (exact) mass is 287 g/mol. The molecule has 0 aliphatic carbocycles. The predicted molar refractivity (Wildman–Crippen MR) is 85.9 cm³/mol. The number of nitrogens with one attached hydrogen (secondary N) is 1. The molecule has 0 amide bonds. The Morgan fingerprint density at radius 3 is 3.05 bits per heavy atom. The first-order chi connectivity index (χ1) is 9.74. The van der Waals surface area contributed by atoms with Crippen LogP contribution in [0.5, 0.6) is 0 Å². The van der Waals surface area contributed by atoms with E-state index in [1.165, 1.54) is 24.1 Å². The van der Waals surface area contributed by atoms with Gasteiger partial charge >= 0.3 is 0 Å². The number of hydrogen-bond acceptors (Lipinski definition) is 4. The molecule has 1 aliphatic rings. The lowest BCUT2D eigenvalue weighted by molar-refractivity contribution is 0.583. The topological polar surface area (TPSA) is 28.2 Å². The Morgan fingerprint density at radius 1 is 1.35 bits per heavy atom. The van der Waals surface area contributed by atoms with Crippen LogP contribution in [0.4, 0.5) is 10.8 Å². The maximum Gasteiger partial charge on any atom is 0.190 e. The highest BCUT2D eigenvalue weighted by atomic mass is 32.1. The van der Waals surface area contributed by atoms with Crippen molar-refractivity contribution in [1.29, 1.82) is 0 Å². The van der Waals surface area contributed by atoms with Crippen molar-refractivity contribution in [1.82, 2.24) is 10.3 Å². The number of anilines is 2. The molecule has 0 unspecified atom stereocenters. The molecule has 2 heterocycles. The van der Waals surface area contributed by atoms with Gasteiger partial charge in [0, 0.05) is 30.2 Å². The summed E-state index contributed by atoms with van der Waals surface area (Å²) in [5, 5.41) is 6.71. The Labute approximate surface area is 124 Å². The van der Waals surface area contributed by atoms with Gasteiger partial charge in [-0.1, -0.05) is 32.0 Å². The van der Waals surface area contributed by atoms with Gasteiger partial charge in [0.15, 0.2) is 5.13 Å².